The Hall–Kier alpha value is -2.18. The molecule has 0 atom stereocenters. The molecule has 0 saturated heterocycles. The Labute approximate surface area is 247 Å². The van der Waals surface area contributed by atoms with E-state index >= 15 is 0 Å². The third kappa shape index (κ3) is 8.01. The lowest BCUT2D eigenvalue weighted by molar-refractivity contribution is 0.0734. The zero-order valence-corrected chi connectivity index (χ0v) is 25.4. The Morgan fingerprint density at radius 3 is 1.44 bits per heavy atom. The fourth-order valence-corrected chi connectivity index (χ4v) is 8.68. The summed E-state index contributed by atoms with van der Waals surface area (Å²) in [6, 6.07) is 11.4. The molecule has 3 aliphatic carbocycles. The summed E-state index contributed by atoms with van der Waals surface area (Å²) in [7, 11) is -4.41. The molecule has 1 N–H and O–H groups in total. The van der Waals surface area contributed by atoms with Crippen molar-refractivity contribution >= 4 is 16.1 Å². The Bertz CT molecular complexity index is 1200. The van der Waals surface area contributed by atoms with Crippen molar-refractivity contribution in [2.24, 2.45) is 0 Å². The minimum Gasteiger partial charge on any atom is -0.423 e. The smallest absolute Gasteiger partial charge is 0.343 e. The van der Waals surface area contributed by atoms with Gasteiger partial charge in [0.2, 0.25) is 0 Å². The van der Waals surface area contributed by atoms with Crippen LogP contribution in [0.5, 0.6) is 5.75 Å². The predicted octanol–water partition coefficient (Wildman–Crippen LogP) is 9.86. The van der Waals surface area contributed by atoms with Crippen LogP contribution in [-0.4, -0.2) is 18.9 Å². The number of carbonyl (C=O) groups excluding carboxylic acids is 1. The van der Waals surface area contributed by atoms with E-state index in [2.05, 4.69) is 12.1 Å². The lowest BCUT2D eigenvalue weighted by Crippen LogP contribution is -2.14. The average molecular weight is 581 g/mol. The summed E-state index contributed by atoms with van der Waals surface area (Å²) in [5, 5.41) is 0. The maximum absolute atomic E-state index is 13.3. The summed E-state index contributed by atoms with van der Waals surface area (Å²) < 4.78 is 41.6. The quantitative estimate of drug-likeness (QED) is 0.209. The van der Waals surface area contributed by atoms with Crippen LogP contribution in [0.2, 0.25) is 0 Å². The lowest BCUT2D eigenvalue weighted by Gasteiger charge is -2.22. The Kier molecular flexibility index (Phi) is 10.6. The van der Waals surface area contributed by atoms with Crippen LogP contribution in [0.3, 0.4) is 0 Å². The van der Waals surface area contributed by atoms with E-state index in [0.717, 1.165) is 51.4 Å². The highest BCUT2D eigenvalue weighted by atomic mass is 32.2. The molecule has 2 aromatic carbocycles. The molecule has 0 heterocycles. The van der Waals surface area contributed by atoms with Gasteiger partial charge in [-0.15, -0.1) is 0 Å². The molecule has 0 aliphatic heterocycles. The van der Waals surface area contributed by atoms with E-state index in [1.807, 2.05) is 12.1 Å². The normalized spacial score (nSPS) is 20.9. The minimum atomic E-state index is -4.41. The SMILES string of the molecule is O=C(Oc1cc(C2CCCC2)c(S(=O)(=O)O)c(C2CCCC2)c1)c1ccc(C2CCCCCCCCCCC2)cc1. The predicted molar refractivity (Wildman–Crippen MR) is 164 cm³/mol. The lowest BCUT2D eigenvalue weighted by atomic mass is 9.87. The standard InChI is InChI=1S/C35H48O5S/c36-35(30-22-20-27(21-23-30)26-14-8-6-4-2-1-3-5-7-9-15-26)40-31-24-32(28-16-10-11-17-28)34(41(37,38)39)33(25-31)29-18-12-13-19-29/h20-26,28-29H,1-19H2,(H,37,38,39). The van der Waals surface area contributed by atoms with Crippen molar-refractivity contribution in [3.8, 4) is 5.75 Å². The molecule has 41 heavy (non-hydrogen) atoms. The van der Waals surface area contributed by atoms with Crippen LogP contribution in [-0.2, 0) is 10.1 Å². The van der Waals surface area contributed by atoms with Gasteiger partial charge in [-0.2, -0.15) is 8.42 Å². The Balaban J connectivity index is 1.36. The fourth-order valence-electron chi connectivity index (χ4n) is 7.64. The largest absolute Gasteiger partial charge is 0.423 e. The van der Waals surface area contributed by atoms with Crippen molar-refractivity contribution in [1.29, 1.82) is 0 Å². The summed E-state index contributed by atoms with van der Waals surface area (Å²) >= 11 is 0. The van der Waals surface area contributed by atoms with E-state index < -0.39 is 16.1 Å². The first-order valence-corrected chi connectivity index (χ1v) is 17.8. The maximum atomic E-state index is 13.3. The number of rotatable bonds is 6. The Morgan fingerprint density at radius 1 is 0.610 bits per heavy atom. The molecule has 0 unspecified atom stereocenters. The zero-order valence-electron chi connectivity index (χ0n) is 24.6. The van der Waals surface area contributed by atoms with Crippen LogP contribution >= 0.6 is 0 Å². The second-order valence-corrected chi connectivity index (χ2v) is 14.2. The first kappa shape index (κ1) is 30.3. The van der Waals surface area contributed by atoms with Crippen molar-refractivity contribution in [3.05, 3.63) is 58.7 Å². The van der Waals surface area contributed by atoms with Crippen molar-refractivity contribution in [1.82, 2.24) is 0 Å². The van der Waals surface area contributed by atoms with Gasteiger partial charge in [0.15, 0.2) is 0 Å². The molecule has 3 fully saturated rings. The van der Waals surface area contributed by atoms with Gasteiger partial charge in [0.25, 0.3) is 10.1 Å². The highest BCUT2D eigenvalue weighted by Crippen LogP contribution is 2.45. The zero-order chi connectivity index (χ0) is 28.7. The van der Waals surface area contributed by atoms with Gasteiger partial charge in [0.1, 0.15) is 10.6 Å². The van der Waals surface area contributed by atoms with Crippen LogP contribution in [0.4, 0.5) is 0 Å². The van der Waals surface area contributed by atoms with E-state index in [1.54, 1.807) is 12.1 Å². The van der Waals surface area contributed by atoms with E-state index in [4.69, 9.17) is 4.74 Å². The van der Waals surface area contributed by atoms with Gasteiger partial charge in [-0.1, -0.05) is 95.6 Å². The number of ether oxygens (including phenoxy) is 1. The van der Waals surface area contributed by atoms with E-state index in [0.29, 0.717) is 28.4 Å². The van der Waals surface area contributed by atoms with Crippen LogP contribution in [0.25, 0.3) is 0 Å². The van der Waals surface area contributed by atoms with Gasteiger partial charge in [-0.25, -0.2) is 4.79 Å². The van der Waals surface area contributed by atoms with Crippen LogP contribution in [0, 0.1) is 0 Å². The molecule has 5 nitrogen and oxygen atoms in total. The summed E-state index contributed by atoms with van der Waals surface area (Å²) in [6.07, 6.45) is 22.0. The van der Waals surface area contributed by atoms with Gasteiger partial charge >= 0.3 is 5.97 Å². The van der Waals surface area contributed by atoms with E-state index in [1.165, 1.54) is 76.2 Å². The van der Waals surface area contributed by atoms with Crippen molar-refractivity contribution in [2.75, 3.05) is 0 Å². The van der Waals surface area contributed by atoms with Gasteiger partial charge in [0.05, 0.1) is 5.56 Å². The third-order valence-electron chi connectivity index (χ3n) is 9.90. The topological polar surface area (TPSA) is 80.7 Å². The van der Waals surface area contributed by atoms with E-state index in [-0.39, 0.29) is 16.7 Å². The number of hydrogen-bond donors (Lipinski definition) is 1. The monoisotopic (exact) mass is 580 g/mol. The Morgan fingerprint density at radius 2 is 1.00 bits per heavy atom. The molecule has 0 bridgehead atoms. The first-order chi connectivity index (χ1) is 19.9. The number of carbonyl (C=O) groups is 1. The summed E-state index contributed by atoms with van der Waals surface area (Å²) in [6.45, 7) is 0. The molecule has 5 rings (SSSR count). The molecule has 3 aliphatic rings. The third-order valence-corrected chi connectivity index (χ3v) is 10.9. The highest BCUT2D eigenvalue weighted by Gasteiger charge is 2.32. The van der Waals surface area contributed by atoms with E-state index in [9.17, 15) is 17.8 Å². The molecule has 0 amide bonds. The second-order valence-electron chi connectivity index (χ2n) is 12.8. The average Bonchev–Trinajstić information content (AvgIpc) is 3.68. The molecule has 224 valence electrons. The molecule has 2 aromatic rings. The summed E-state index contributed by atoms with van der Waals surface area (Å²) in [5.74, 6) is 0.599. The first-order valence-electron chi connectivity index (χ1n) is 16.4. The van der Waals surface area contributed by atoms with Crippen LogP contribution in [0.1, 0.15) is 167 Å². The molecule has 0 aromatic heterocycles. The summed E-state index contributed by atoms with van der Waals surface area (Å²) in [4.78, 5) is 13.4. The molecule has 3 saturated carbocycles. The van der Waals surface area contributed by atoms with Gasteiger partial charge in [-0.3, -0.25) is 4.55 Å². The molecule has 0 radical (unpaired) electrons. The van der Waals surface area contributed by atoms with Crippen molar-refractivity contribution in [2.45, 2.75) is 145 Å². The molecular formula is C35H48O5S. The maximum Gasteiger partial charge on any atom is 0.343 e. The number of esters is 1. The van der Waals surface area contributed by atoms with Gasteiger partial charge in [0, 0.05) is 0 Å². The second kappa shape index (κ2) is 14.3. The minimum absolute atomic E-state index is 0.0518. The van der Waals surface area contributed by atoms with Gasteiger partial charge in [-0.05, 0) is 97.2 Å². The van der Waals surface area contributed by atoms with Crippen LogP contribution in [0.15, 0.2) is 41.3 Å². The molecule has 6 heteroatoms. The summed E-state index contributed by atoms with van der Waals surface area (Å²) in [5.41, 5.74) is 3.05. The number of hydrogen-bond acceptors (Lipinski definition) is 4. The highest BCUT2D eigenvalue weighted by molar-refractivity contribution is 7.86. The molecule has 0 spiro atoms. The fraction of sp³-hybridized carbons (Fsp3) is 0.629. The van der Waals surface area contributed by atoms with Gasteiger partial charge < -0.3 is 4.74 Å². The van der Waals surface area contributed by atoms with Crippen LogP contribution < -0.4 is 4.74 Å². The molecular weight excluding hydrogens is 532 g/mol. The van der Waals surface area contributed by atoms with Crippen molar-refractivity contribution in [3.63, 3.8) is 0 Å². The van der Waals surface area contributed by atoms with Crippen molar-refractivity contribution < 1.29 is 22.5 Å². The number of benzene rings is 2.